The second-order valence-corrected chi connectivity index (χ2v) is 3.24. The molecule has 0 bridgehead atoms. The minimum atomic E-state index is -0.870. The summed E-state index contributed by atoms with van der Waals surface area (Å²) in [6, 6.07) is 0. The van der Waals surface area contributed by atoms with E-state index in [1.807, 2.05) is 0 Å². The van der Waals surface area contributed by atoms with E-state index in [1.54, 1.807) is 0 Å². The first-order valence-electron chi connectivity index (χ1n) is 5.83. The summed E-state index contributed by atoms with van der Waals surface area (Å²) in [7, 11) is 0. The van der Waals surface area contributed by atoms with E-state index in [4.69, 9.17) is 30.6 Å². The molecule has 0 aromatic carbocycles. The van der Waals surface area contributed by atoms with Crippen LogP contribution < -0.4 is 0 Å². The first kappa shape index (κ1) is 22.9. The summed E-state index contributed by atoms with van der Waals surface area (Å²) in [5.74, 6) is -1.74. The largest absolute Gasteiger partial charge is 0.481 e. The van der Waals surface area contributed by atoms with Crippen LogP contribution in [0.4, 0.5) is 0 Å². The molecule has 0 fully saturated rings. The number of aliphatic hydroxyl groups is 4. The minimum absolute atomic E-state index is 0.0628. The average Bonchev–Trinajstić information content (AvgIpc) is 2.36. The first-order valence-corrected chi connectivity index (χ1v) is 5.83. The molecule has 0 spiro atoms. The third-order valence-electron chi connectivity index (χ3n) is 1.45. The van der Waals surface area contributed by atoms with Gasteiger partial charge in [0.05, 0.1) is 13.2 Å². The van der Waals surface area contributed by atoms with Crippen LogP contribution in [0.2, 0.25) is 0 Å². The van der Waals surface area contributed by atoms with E-state index in [-0.39, 0.29) is 39.3 Å². The molecule has 0 rings (SSSR count). The second-order valence-electron chi connectivity index (χ2n) is 3.24. The van der Waals surface area contributed by atoms with E-state index >= 15 is 0 Å². The van der Waals surface area contributed by atoms with Gasteiger partial charge in [-0.3, -0.25) is 9.59 Å². The van der Waals surface area contributed by atoms with Crippen molar-refractivity contribution < 1.29 is 40.2 Å². The highest BCUT2D eigenvalue weighted by Gasteiger charge is 1.99. The lowest BCUT2D eigenvalue weighted by Crippen LogP contribution is -1.97. The molecule has 0 amide bonds. The summed E-state index contributed by atoms with van der Waals surface area (Å²) in [5, 5.41) is 47.3. The van der Waals surface area contributed by atoms with Gasteiger partial charge in [0.2, 0.25) is 0 Å². The Kier molecular flexibility index (Phi) is 26.5. The van der Waals surface area contributed by atoms with Crippen molar-refractivity contribution in [1.29, 1.82) is 0 Å². The van der Waals surface area contributed by atoms with Crippen molar-refractivity contribution in [3.63, 3.8) is 0 Å². The molecule has 0 atom stereocenters. The zero-order valence-electron chi connectivity index (χ0n) is 10.9. The highest BCUT2D eigenvalue weighted by Crippen LogP contribution is 1.98. The number of rotatable bonds is 8. The molecule has 0 aliphatic heterocycles. The van der Waals surface area contributed by atoms with Crippen molar-refractivity contribution in [3.8, 4) is 0 Å². The Balaban J connectivity index is -0.000000238. The first-order chi connectivity index (χ1) is 8.95. The lowest BCUT2D eigenvalue weighted by Gasteiger charge is -1.92. The molecule has 0 aliphatic carbocycles. The fourth-order valence-electron chi connectivity index (χ4n) is 0.623. The topological polar surface area (TPSA) is 156 Å². The molecule has 0 aliphatic rings. The van der Waals surface area contributed by atoms with Crippen molar-refractivity contribution in [1.82, 2.24) is 0 Å². The summed E-state index contributed by atoms with van der Waals surface area (Å²) in [6.07, 6.45) is 1.52. The molecule has 6 N–H and O–H groups in total. The smallest absolute Gasteiger partial charge is 0.303 e. The van der Waals surface area contributed by atoms with E-state index in [1.165, 1.54) is 0 Å². The van der Waals surface area contributed by atoms with Gasteiger partial charge >= 0.3 is 11.9 Å². The maximum absolute atomic E-state index is 9.90. The van der Waals surface area contributed by atoms with Gasteiger partial charge in [0.25, 0.3) is 0 Å². The summed E-state index contributed by atoms with van der Waals surface area (Å²) >= 11 is 0. The fourth-order valence-corrected chi connectivity index (χ4v) is 0.623. The Morgan fingerprint density at radius 2 is 0.895 bits per heavy atom. The molecule has 0 heterocycles. The molecule has 0 radical (unpaired) electrons. The zero-order valence-corrected chi connectivity index (χ0v) is 10.9. The van der Waals surface area contributed by atoms with Crippen molar-refractivity contribution >= 4 is 11.9 Å². The van der Waals surface area contributed by atoms with E-state index in [0.717, 1.165) is 0 Å². The van der Waals surface area contributed by atoms with Crippen molar-refractivity contribution in [2.24, 2.45) is 0 Å². The SMILES string of the molecule is O=C(O)CCCCC(=O)O.OCCCO.OCCO. The zero-order chi connectivity index (χ0) is 15.5. The number of carboxylic acid groups (broad SMARTS) is 2. The molecule has 19 heavy (non-hydrogen) atoms. The Morgan fingerprint density at radius 1 is 0.579 bits per heavy atom. The minimum Gasteiger partial charge on any atom is -0.481 e. The van der Waals surface area contributed by atoms with Gasteiger partial charge in [-0.2, -0.15) is 0 Å². The van der Waals surface area contributed by atoms with E-state index < -0.39 is 11.9 Å². The van der Waals surface area contributed by atoms with Crippen LogP contribution in [-0.4, -0.2) is 69.0 Å². The average molecular weight is 284 g/mol. The highest BCUT2D eigenvalue weighted by molar-refractivity contribution is 5.67. The van der Waals surface area contributed by atoms with Crippen LogP contribution in [0.15, 0.2) is 0 Å². The fraction of sp³-hybridized carbons (Fsp3) is 0.818. The molecule has 0 saturated carbocycles. The predicted molar refractivity (Wildman–Crippen MR) is 66.7 cm³/mol. The number of aliphatic carboxylic acids is 2. The Morgan fingerprint density at radius 3 is 1.00 bits per heavy atom. The molecule has 0 unspecified atom stereocenters. The molecule has 0 aromatic heterocycles. The van der Waals surface area contributed by atoms with Gasteiger partial charge in [-0.25, -0.2) is 0 Å². The van der Waals surface area contributed by atoms with Crippen LogP contribution in [0.3, 0.4) is 0 Å². The van der Waals surface area contributed by atoms with Crippen molar-refractivity contribution in [3.05, 3.63) is 0 Å². The molecule has 0 saturated heterocycles. The predicted octanol–water partition coefficient (Wildman–Crippen LogP) is -0.952. The van der Waals surface area contributed by atoms with E-state index in [2.05, 4.69) is 0 Å². The molecule has 0 aromatic rings. The summed E-state index contributed by atoms with van der Waals surface area (Å²) in [5.41, 5.74) is 0. The lowest BCUT2D eigenvalue weighted by molar-refractivity contribution is -0.139. The quantitative estimate of drug-likeness (QED) is 0.311. The van der Waals surface area contributed by atoms with Crippen LogP contribution in [0.25, 0.3) is 0 Å². The van der Waals surface area contributed by atoms with Crippen LogP contribution in [0.1, 0.15) is 32.1 Å². The number of hydrogen-bond acceptors (Lipinski definition) is 6. The molecule has 116 valence electrons. The van der Waals surface area contributed by atoms with Gasteiger partial charge in [0.15, 0.2) is 0 Å². The summed E-state index contributed by atoms with van der Waals surface area (Å²) < 4.78 is 0. The van der Waals surface area contributed by atoms with Gasteiger partial charge in [-0.05, 0) is 19.3 Å². The third kappa shape index (κ3) is 47.6. The van der Waals surface area contributed by atoms with Gasteiger partial charge in [-0.1, -0.05) is 0 Å². The van der Waals surface area contributed by atoms with Gasteiger partial charge in [0, 0.05) is 26.1 Å². The number of aliphatic hydroxyl groups excluding tert-OH is 4. The maximum atomic E-state index is 9.90. The summed E-state index contributed by atoms with van der Waals surface area (Å²) in [4.78, 5) is 19.8. The number of carbonyl (C=O) groups is 2. The van der Waals surface area contributed by atoms with Crippen molar-refractivity contribution in [2.45, 2.75) is 32.1 Å². The van der Waals surface area contributed by atoms with Crippen LogP contribution >= 0.6 is 0 Å². The molecule has 8 heteroatoms. The number of carboxylic acids is 2. The maximum Gasteiger partial charge on any atom is 0.303 e. The van der Waals surface area contributed by atoms with E-state index in [9.17, 15) is 9.59 Å². The molecule has 8 nitrogen and oxygen atoms in total. The van der Waals surface area contributed by atoms with Crippen LogP contribution in [0.5, 0.6) is 0 Å². The van der Waals surface area contributed by atoms with Gasteiger partial charge in [-0.15, -0.1) is 0 Å². The van der Waals surface area contributed by atoms with Gasteiger partial charge < -0.3 is 30.6 Å². The monoisotopic (exact) mass is 284 g/mol. The molecular formula is C11H24O8. The van der Waals surface area contributed by atoms with Crippen molar-refractivity contribution in [2.75, 3.05) is 26.4 Å². The number of unbranched alkanes of at least 4 members (excludes halogenated alkanes) is 1. The van der Waals surface area contributed by atoms with E-state index in [0.29, 0.717) is 19.3 Å². The van der Waals surface area contributed by atoms with Gasteiger partial charge in [0.1, 0.15) is 0 Å². The second kappa shape index (κ2) is 22.0. The normalized spacial score (nSPS) is 8.63. The lowest BCUT2D eigenvalue weighted by atomic mass is 10.2. The number of hydrogen-bond donors (Lipinski definition) is 6. The highest BCUT2D eigenvalue weighted by atomic mass is 16.4. The molecular weight excluding hydrogens is 260 g/mol. The van der Waals surface area contributed by atoms with Crippen LogP contribution in [-0.2, 0) is 9.59 Å². The summed E-state index contributed by atoms with van der Waals surface area (Å²) in [6.45, 7) is -0.0625. The standard InChI is InChI=1S/C6H10O4.C3H8O2.C2H6O2/c7-5(8)3-1-2-4-6(9)10;4-2-1-3-5;3-1-2-4/h1-4H2,(H,7,8)(H,9,10);4-5H,1-3H2;3-4H,1-2H2. The Labute approximate surface area is 111 Å². The Hall–Kier alpha value is -1.22. The third-order valence-corrected chi connectivity index (χ3v) is 1.45. The van der Waals surface area contributed by atoms with Crippen LogP contribution in [0, 0.1) is 0 Å². The Bertz CT molecular complexity index is 175.